The molecule has 3 atom stereocenters. The Morgan fingerprint density at radius 3 is 2.15 bits per heavy atom. The Morgan fingerprint density at radius 2 is 1.63 bits per heavy atom. The van der Waals surface area contributed by atoms with Crippen molar-refractivity contribution in [3.8, 4) is 0 Å². The maximum atomic E-state index is 13.6. The van der Waals surface area contributed by atoms with E-state index in [9.17, 15) is 9.00 Å². The van der Waals surface area contributed by atoms with E-state index in [1.165, 1.54) is 7.11 Å². The van der Waals surface area contributed by atoms with Gasteiger partial charge in [0.25, 0.3) is 0 Å². The van der Waals surface area contributed by atoms with Gasteiger partial charge in [-0.2, -0.15) is 0 Å². The SMILES string of the molecule is COC(=O)C[C@H](c1ccccc1)[C@H](C[Si](C)(C)C)S(=O)c1ccc(C)cc1. The van der Waals surface area contributed by atoms with E-state index in [-0.39, 0.29) is 23.6 Å². The normalized spacial score (nSPS) is 15.0. The standard InChI is InChI=1S/C22H30O3SSi/c1-17-11-13-19(14-12-17)26(24)21(16-27(3,4)5)20(15-22(23)25-2)18-9-7-6-8-10-18/h6-14,20-21H,15-16H2,1-5H3/t20-,21+,26?/m1/s1. The number of methoxy groups -OCH3 is 1. The van der Waals surface area contributed by atoms with Crippen molar-refractivity contribution >= 4 is 24.8 Å². The molecule has 0 heterocycles. The minimum Gasteiger partial charge on any atom is -0.469 e. The Bertz CT molecular complexity index is 766. The van der Waals surface area contributed by atoms with Gasteiger partial charge in [-0.05, 0) is 30.7 Å². The largest absolute Gasteiger partial charge is 0.469 e. The van der Waals surface area contributed by atoms with Gasteiger partial charge < -0.3 is 4.74 Å². The van der Waals surface area contributed by atoms with E-state index in [0.29, 0.717) is 0 Å². The third-order valence-electron chi connectivity index (χ3n) is 4.63. The van der Waals surface area contributed by atoms with Gasteiger partial charge >= 0.3 is 5.97 Å². The lowest BCUT2D eigenvalue weighted by atomic mass is 9.93. The van der Waals surface area contributed by atoms with Gasteiger partial charge in [-0.1, -0.05) is 67.7 Å². The number of ether oxygens (including phenoxy) is 1. The molecule has 0 N–H and O–H groups in total. The Labute approximate surface area is 166 Å². The summed E-state index contributed by atoms with van der Waals surface area (Å²) in [6.07, 6.45) is 0.243. The molecule has 0 aromatic heterocycles. The molecule has 0 bridgehead atoms. The van der Waals surface area contributed by atoms with Crippen molar-refractivity contribution in [1.29, 1.82) is 0 Å². The Hall–Kier alpha value is -1.72. The second-order valence-electron chi connectivity index (χ2n) is 8.21. The Morgan fingerprint density at radius 1 is 1.04 bits per heavy atom. The van der Waals surface area contributed by atoms with Crippen LogP contribution in [0.5, 0.6) is 0 Å². The summed E-state index contributed by atoms with van der Waals surface area (Å²) in [4.78, 5) is 13.0. The van der Waals surface area contributed by atoms with E-state index < -0.39 is 18.9 Å². The third kappa shape index (κ3) is 6.43. The molecule has 27 heavy (non-hydrogen) atoms. The lowest BCUT2D eigenvalue weighted by Gasteiger charge is -2.31. The number of esters is 1. The van der Waals surface area contributed by atoms with E-state index in [0.717, 1.165) is 22.1 Å². The summed E-state index contributed by atoms with van der Waals surface area (Å²) in [7, 11) is -1.32. The van der Waals surface area contributed by atoms with Gasteiger partial charge in [0.2, 0.25) is 0 Å². The first kappa shape index (κ1) is 21.6. The quantitative estimate of drug-likeness (QED) is 0.453. The summed E-state index contributed by atoms with van der Waals surface area (Å²) < 4.78 is 18.6. The first-order valence-corrected chi connectivity index (χ1v) is 14.2. The molecule has 3 nitrogen and oxygen atoms in total. The van der Waals surface area contributed by atoms with Crippen molar-refractivity contribution in [2.75, 3.05) is 7.11 Å². The molecule has 2 rings (SSSR count). The van der Waals surface area contributed by atoms with Crippen LogP contribution in [0, 0.1) is 6.92 Å². The summed E-state index contributed by atoms with van der Waals surface area (Å²) in [6.45, 7) is 8.88. The minimum absolute atomic E-state index is 0.124. The van der Waals surface area contributed by atoms with E-state index in [2.05, 4.69) is 19.6 Å². The molecule has 0 saturated carbocycles. The maximum absolute atomic E-state index is 13.6. The minimum atomic E-state index is -1.53. The molecule has 0 aliphatic carbocycles. The maximum Gasteiger partial charge on any atom is 0.306 e. The zero-order valence-corrected chi connectivity index (χ0v) is 18.7. The Balaban J connectivity index is 2.47. The first-order chi connectivity index (χ1) is 12.7. The smallest absolute Gasteiger partial charge is 0.306 e. The van der Waals surface area contributed by atoms with E-state index in [4.69, 9.17) is 4.74 Å². The average molecular weight is 403 g/mol. The number of carbonyl (C=O) groups is 1. The van der Waals surface area contributed by atoms with Crippen LogP contribution >= 0.6 is 0 Å². The number of rotatable bonds is 8. The van der Waals surface area contributed by atoms with E-state index in [1.54, 1.807) is 0 Å². The molecule has 146 valence electrons. The predicted molar refractivity (Wildman–Crippen MR) is 115 cm³/mol. The van der Waals surface area contributed by atoms with Crippen molar-refractivity contribution in [2.45, 2.75) is 55.1 Å². The number of carbonyl (C=O) groups excluding carboxylic acids is 1. The molecule has 0 saturated heterocycles. The lowest BCUT2D eigenvalue weighted by molar-refractivity contribution is -0.141. The molecule has 1 unspecified atom stereocenters. The fraction of sp³-hybridized carbons (Fsp3) is 0.409. The molecule has 2 aromatic rings. The fourth-order valence-corrected chi connectivity index (χ4v) is 8.15. The van der Waals surface area contributed by atoms with Crippen LogP contribution in [0.2, 0.25) is 25.7 Å². The zero-order chi connectivity index (χ0) is 20.0. The zero-order valence-electron chi connectivity index (χ0n) is 16.9. The van der Waals surface area contributed by atoms with Crippen molar-refractivity contribution in [1.82, 2.24) is 0 Å². The first-order valence-electron chi connectivity index (χ1n) is 9.30. The van der Waals surface area contributed by atoms with Crippen LogP contribution in [0.3, 0.4) is 0 Å². The summed E-state index contributed by atoms with van der Waals surface area (Å²) in [6, 6.07) is 18.7. The highest BCUT2D eigenvalue weighted by atomic mass is 32.2. The van der Waals surface area contributed by atoms with Crippen molar-refractivity contribution < 1.29 is 13.7 Å². The van der Waals surface area contributed by atoms with Crippen LogP contribution in [0.25, 0.3) is 0 Å². The monoisotopic (exact) mass is 402 g/mol. The topological polar surface area (TPSA) is 43.4 Å². The fourth-order valence-electron chi connectivity index (χ4n) is 3.24. The van der Waals surface area contributed by atoms with Gasteiger partial charge in [-0.15, -0.1) is 0 Å². The van der Waals surface area contributed by atoms with Gasteiger partial charge in [-0.25, -0.2) is 0 Å². The molecule has 2 aromatic carbocycles. The molecular formula is C22H30O3SSi. The predicted octanol–water partition coefficient (Wildman–Crippen LogP) is 5.16. The summed E-state index contributed by atoms with van der Waals surface area (Å²) in [5.74, 6) is -0.391. The molecule has 5 heteroatoms. The number of hydrogen-bond acceptors (Lipinski definition) is 3. The van der Waals surface area contributed by atoms with Crippen LogP contribution in [0.1, 0.15) is 23.5 Å². The van der Waals surface area contributed by atoms with Gasteiger partial charge in [-0.3, -0.25) is 9.00 Å². The van der Waals surface area contributed by atoms with Crippen LogP contribution in [0.4, 0.5) is 0 Å². The molecular weight excluding hydrogens is 372 g/mol. The average Bonchev–Trinajstić information content (AvgIpc) is 2.64. The molecule has 0 aliphatic rings. The molecule has 0 spiro atoms. The third-order valence-corrected chi connectivity index (χ3v) is 8.37. The van der Waals surface area contributed by atoms with Crippen molar-refractivity contribution in [2.24, 2.45) is 0 Å². The highest BCUT2D eigenvalue weighted by molar-refractivity contribution is 7.85. The number of benzene rings is 2. The number of aryl methyl sites for hydroxylation is 1. The lowest BCUT2D eigenvalue weighted by Crippen LogP contribution is -2.35. The summed E-state index contributed by atoms with van der Waals surface area (Å²) in [5, 5.41) is -0.124. The highest BCUT2D eigenvalue weighted by Crippen LogP contribution is 2.35. The van der Waals surface area contributed by atoms with Crippen molar-refractivity contribution in [3.63, 3.8) is 0 Å². The number of hydrogen-bond donors (Lipinski definition) is 0. The highest BCUT2D eigenvalue weighted by Gasteiger charge is 2.35. The van der Waals surface area contributed by atoms with Crippen LogP contribution in [-0.2, 0) is 20.3 Å². The molecule has 0 fully saturated rings. The molecule has 0 amide bonds. The van der Waals surface area contributed by atoms with Crippen molar-refractivity contribution in [3.05, 3.63) is 65.7 Å². The van der Waals surface area contributed by atoms with Gasteiger partial charge in [0.1, 0.15) is 0 Å². The van der Waals surface area contributed by atoms with Crippen LogP contribution in [0.15, 0.2) is 59.5 Å². The second-order valence-corrected chi connectivity index (χ2v) is 15.4. The Kier molecular flexibility index (Phi) is 7.56. The summed E-state index contributed by atoms with van der Waals surface area (Å²) in [5.41, 5.74) is 2.19. The van der Waals surface area contributed by atoms with Crippen LogP contribution in [-0.4, -0.2) is 30.6 Å². The van der Waals surface area contributed by atoms with Crippen LogP contribution < -0.4 is 0 Å². The van der Waals surface area contributed by atoms with Gasteiger partial charge in [0.15, 0.2) is 0 Å². The summed E-state index contributed by atoms with van der Waals surface area (Å²) >= 11 is 0. The van der Waals surface area contributed by atoms with Gasteiger partial charge in [0.05, 0.1) is 24.3 Å². The van der Waals surface area contributed by atoms with E-state index in [1.807, 2.05) is 61.5 Å². The molecule has 0 aliphatic heterocycles. The molecule has 0 radical (unpaired) electrons. The van der Waals surface area contributed by atoms with Gasteiger partial charge in [0, 0.05) is 24.1 Å². The second kappa shape index (κ2) is 9.47. The van der Waals surface area contributed by atoms with E-state index >= 15 is 0 Å².